The van der Waals surface area contributed by atoms with Gasteiger partial charge < -0.3 is 9.66 Å². The molecule has 0 saturated carbocycles. The van der Waals surface area contributed by atoms with Crippen molar-refractivity contribution in [1.82, 2.24) is 4.72 Å². The highest BCUT2D eigenvalue weighted by Crippen LogP contribution is 2.31. The number of rotatable bonds is 3. The molecule has 1 aliphatic heterocycles. The van der Waals surface area contributed by atoms with E-state index in [0.717, 1.165) is 23.2 Å². The van der Waals surface area contributed by atoms with Crippen LogP contribution in [0.2, 0.25) is 0 Å². The van der Waals surface area contributed by atoms with Crippen LogP contribution >= 0.6 is 0 Å². The van der Waals surface area contributed by atoms with E-state index in [-0.39, 0.29) is 10.8 Å². The number of amides is 1. The number of hydrogen-bond donors (Lipinski definition) is 2. The molecule has 2 N–H and O–H groups in total. The van der Waals surface area contributed by atoms with Crippen molar-refractivity contribution in [3.8, 4) is 0 Å². The molecule has 2 rings (SSSR count). The molecule has 21 heavy (non-hydrogen) atoms. The van der Waals surface area contributed by atoms with Gasteiger partial charge >= 0.3 is 6.09 Å². The van der Waals surface area contributed by atoms with Crippen molar-refractivity contribution < 1.29 is 14.5 Å². The lowest BCUT2D eigenvalue weighted by molar-refractivity contribution is 0.202. The monoisotopic (exact) mass is 310 g/mol. The molecular formula is C15H22N2O3S. The van der Waals surface area contributed by atoms with Crippen LogP contribution in [-0.2, 0) is 17.8 Å². The molecule has 116 valence electrons. The largest absolute Gasteiger partial charge is 0.598 e. The van der Waals surface area contributed by atoms with Crippen molar-refractivity contribution in [2.24, 2.45) is 0 Å². The zero-order valence-corrected chi connectivity index (χ0v) is 13.7. The predicted octanol–water partition coefficient (Wildman–Crippen LogP) is 2.84. The molecule has 0 spiro atoms. The minimum atomic E-state index is -1.14. The summed E-state index contributed by atoms with van der Waals surface area (Å²) in [6, 6.07) is 5.70. The summed E-state index contributed by atoms with van der Waals surface area (Å²) in [7, 11) is 0. The zero-order chi connectivity index (χ0) is 15.8. The normalized spacial score (nSPS) is 17.5. The molecule has 2 unspecified atom stereocenters. The fraction of sp³-hybridized carbons (Fsp3) is 0.533. The van der Waals surface area contributed by atoms with Gasteiger partial charge in [-0.1, -0.05) is 12.1 Å². The molecule has 0 aliphatic carbocycles. The standard InChI is InChI=1S/C15H22N2O3S/c1-10(16-21(20)15(2,3)4)11-5-6-13-12(9-11)7-8-17(13)14(18)19/h5-6,9-10,16H,7-8H2,1-4H3,(H,18,19). The van der Waals surface area contributed by atoms with Crippen molar-refractivity contribution in [3.05, 3.63) is 29.3 Å². The molecule has 5 nitrogen and oxygen atoms in total. The highest BCUT2D eigenvalue weighted by Gasteiger charge is 2.29. The Hall–Kier alpha value is -1.24. The molecule has 0 bridgehead atoms. The number of anilines is 1. The van der Waals surface area contributed by atoms with E-state index < -0.39 is 17.5 Å². The van der Waals surface area contributed by atoms with Gasteiger partial charge in [0.15, 0.2) is 0 Å². The smallest absolute Gasteiger partial charge is 0.411 e. The molecule has 0 fully saturated rings. The molecule has 0 saturated heterocycles. The van der Waals surface area contributed by atoms with E-state index >= 15 is 0 Å². The zero-order valence-electron chi connectivity index (χ0n) is 12.8. The lowest BCUT2D eigenvalue weighted by Gasteiger charge is -2.26. The maximum absolute atomic E-state index is 12.1. The Morgan fingerprint density at radius 1 is 1.48 bits per heavy atom. The van der Waals surface area contributed by atoms with Gasteiger partial charge in [-0.05, 0) is 51.3 Å². The number of carboxylic acid groups (broad SMARTS) is 1. The van der Waals surface area contributed by atoms with Crippen molar-refractivity contribution in [3.63, 3.8) is 0 Å². The average molecular weight is 310 g/mol. The maximum Gasteiger partial charge on any atom is 0.411 e. The molecule has 0 radical (unpaired) electrons. The van der Waals surface area contributed by atoms with E-state index in [1.807, 2.05) is 45.9 Å². The second-order valence-corrected chi connectivity index (χ2v) is 8.29. The van der Waals surface area contributed by atoms with Crippen molar-refractivity contribution in [2.45, 2.75) is 44.9 Å². The van der Waals surface area contributed by atoms with Crippen molar-refractivity contribution in [1.29, 1.82) is 0 Å². The molecular weight excluding hydrogens is 288 g/mol. The topological polar surface area (TPSA) is 75.6 Å². The lowest BCUT2D eigenvalue weighted by atomic mass is 10.0. The van der Waals surface area contributed by atoms with Crippen molar-refractivity contribution >= 4 is 23.1 Å². The summed E-state index contributed by atoms with van der Waals surface area (Å²) in [6.07, 6.45) is -0.189. The van der Waals surface area contributed by atoms with E-state index in [1.165, 1.54) is 4.90 Å². The van der Waals surface area contributed by atoms with Gasteiger partial charge in [-0.25, -0.2) is 4.79 Å². The number of carbonyl (C=O) groups is 1. The molecule has 1 amide bonds. The van der Waals surface area contributed by atoms with Crippen LogP contribution in [0.3, 0.4) is 0 Å². The molecule has 1 aliphatic rings. The summed E-state index contributed by atoms with van der Waals surface area (Å²) in [6.45, 7) is 8.25. The Morgan fingerprint density at radius 2 is 2.14 bits per heavy atom. The van der Waals surface area contributed by atoms with Crippen LogP contribution in [0.15, 0.2) is 18.2 Å². The molecule has 1 aromatic rings. The third-order valence-electron chi connectivity index (χ3n) is 3.57. The summed E-state index contributed by atoms with van der Waals surface area (Å²) in [5.41, 5.74) is 2.82. The van der Waals surface area contributed by atoms with Gasteiger partial charge in [0.1, 0.15) is 4.75 Å². The van der Waals surface area contributed by atoms with E-state index in [9.17, 15) is 9.35 Å². The van der Waals surface area contributed by atoms with Crippen LogP contribution in [0.25, 0.3) is 0 Å². The highest BCUT2D eigenvalue weighted by molar-refractivity contribution is 7.90. The highest BCUT2D eigenvalue weighted by atomic mass is 32.2. The SMILES string of the molecule is CC(N[S+]([O-])C(C)(C)C)c1ccc2c(c1)CCN2C(=O)O. The Kier molecular flexibility index (Phi) is 4.51. The van der Waals surface area contributed by atoms with E-state index in [2.05, 4.69) is 4.72 Å². The fourth-order valence-electron chi connectivity index (χ4n) is 2.30. The van der Waals surface area contributed by atoms with Gasteiger partial charge in [0.05, 0.1) is 11.7 Å². The number of fused-ring (bicyclic) bond motifs is 1. The van der Waals surface area contributed by atoms with E-state index in [4.69, 9.17) is 5.11 Å². The number of hydrogen-bond acceptors (Lipinski definition) is 3. The average Bonchev–Trinajstić information content (AvgIpc) is 2.80. The minimum absolute atomic E-state index is 0.0470. The van der Waals surface area contributed by atoms with Gasteiger partial charge in [-0.3, -0.25) is 4.90 Å². The third kappa shape index (κ3) is 3.51. The first-order valence-electron chi connectivity index (χ1n) is 7.01. The van der Waals surface area contributed by atoms with Crippen LogP contribution in [0.5, 0.6) is 0 Å². The van der Waals surface area contributed by atoms with Gasteiger partial charge in [0, 0.05) is 17.9 Å². The number of nitrogens with zero attached hydrogens (tertiary/aromatic N) is 1. The van der Waals surface area contributed by atoms with Crippen LogP contribution in [0, 0.1) is 0 Å². The summed E-state index contributed by atoms with van der Waals surface area (Å²) in [4.78, 5) is 12.5. The Balaban J connectivity index is 2.14. The Bertz CT molecular complexity index is 542. The quantitative estimate of drug-likeness (QED) is 0.842. The first-order chi connectivity index (χ1) is 9.70. The summed E-state index contributed by atoms with van der Waals surface area (Å²) >= 11 is -1.14. The van der Waals surface area contributed by atoms with Gasteiger partial charge in [0.25, 0.3) is 0 Å². The second-order valence-electron chi connectivity index (χ2n) is 6.29. The maximum atomic E-state index is 12.1. The summed E-state index contributed by atoms with van der Waals surface area (Å²) in [5, 5.41) is 9.12. The molecule has 1 heterocycles. The van der Waals surface area contributed by atoms with Crippen LogP contribution < -0.4 is 9.62 Å². The van der Waals surface area contributed by atoms with Crippen LogP contribution in [0.1, 0.15) is 44.9 Å². The van der Waals surface area contributed by atoms with Gasteiger partial charge in [-0.2, -0.15) is 0 Å². The summed E-state index contributed by atoms with van der Waals surface area (Å²) < 4.78 is 14.9. The predicted molar refractivity (Wildman–Crippen MR) is 85.0 cm³/mol. The summed E-state index contributed by atoms with van der Waals surface area (Å²) in [5.74, 6) is 0. The first kappa shape index (κ1) is 16.1. The van der Waals surface area contributed by atoms with E-state index in [0.29, 0.717) is 6.54 Å². The molecule has 0 aromatic heterocycles. The minimum Gasteiger partial charge on any atom is -0.598 e. The lowest BCUT2D eigenvalue weighted by Crippen LogP contribution is -2.40. The molecule has 2 atom stereocenters. The van der Waals surface area contributed by atoms with Gasteiger partial charge in [-0.15, -0.1) is 4.72 Å². The third-order valence-corrected chi connectivity index (χ3v) is 5.25. The van der Waals surface area contributed by atoms with Crippen LogP contribution in [0.4, 0.5) is 10.5 Å². The van der Waals surface area contributed by atoms with E-state index in [1.54, 1.807) is 0 Å². The first-order valence-corrected chi connectivity index (χ1v) is 8.16. The van der Waals surface area contributed by atoms with Crippen LogP contribution in [-0.4, -0.2) is 27.0 Å². The Morgan fingerprint density at radius 3 is 2.71 bits per heavy atom. The van der Waals surface area contributed by atoms with Gasteiger partial charge in [0.2, 0.25) is 0 Å². The number of nitrogens with one attached hydrogen (secondary N) is 1. The molecule has 6 heteroatoms. The Labute approximate surface area is 128 Å². The fourth-order valence-corrected chi connectivity index (χ4v) is 3.11. The van der Waals surface area contributed by atoms with Crippen molar-refractivity contribution in [2.75, 3.05) is 11.4 Å². The number of benzene rings is 1. The molecule has 1 aromatic carbocycles. The second kappa shape index (κ2) is 5.87.